The zero-order valence-electron chi connectivity index (χ0n) is 15.8. The molecular weight excluding hydrogens is 356 g/mol. The SMILES string of the molecule is CC(=O)c1ccc(OCc2cc(C(=O)NC[C@H](C)c3ccccc3)no2)cc1. The largest absolute Gasteiger partial charge is 0.486 e. The Morgan fingerprint density at radius 2 is 1.82 bits per heavy atom. The normalized spacial score (nSPS) is 11.6. The van der Waals surface area contributed by atoms with E-state index in [0.29, 0.717) is 23.6 Å². The van der Waals surface area contributed by atoms with Crippen molar-refractivity contribution in [2.45, 2.75) is 26.4 Å². The van der Waals surface area contributed by atoms with Crippen LogP contribution in [0.5, 0.6) is 5.75 Å². The molecule has 1 aromatic heterocycles. The van der Waals surface area contributed by atoms with E-state index in [9.17, 15) is 9.59 Å². The Bertz CT molecular complexity index is 933. The zero-order valence-corrected chi connectivity index (χ0v) is 15.8. The molecule has 144 valence electrons. The van der Waals surface area contributed by atoms with Crippen molar-refractivity contribution < 1.29 is 18.8 Å². The van der Waals surface area contributed by atoms with Gasteiger partial charge in [-0.3, -0.25) is 9.59 Å². The van der Waals surface area contributed by atoms with Crippen LogP contribution < -0.4 is 10.1 Å². The van der Waals surface area contributed by atoms with Gasteiger partial charge < -0.3 is 14.6 Å². The summed E-state index contributed by atoms with van der Waals surface area (Å²) in [5.41, 5.74) is 1.99. The predicted octanol–water partition coefficient (Wildman–Crippen LogP) is 3.99. The Balaban J connectivity index is 1.50. The van der Waals surface area contributed by atoms with E-state index in [1.165, 1.54) is 6.92 Å². The minimum atomic E-state index is -0.288. The van der Waals surface area contributed by atoms with Crippen molar-refractivity contribution >= 4 is 11.7 Å². The molecule has 6 nitrogen and oxygen atoms in total. The van der Waals surface area contributed by atoms with Crippen LogP contribution in [0.4, 0.5) is 0 Å². The third-order valence-electron chi connectivity index (χ3n) is 4.37. The Hall–Kier alpha value is -3.41. The monoisotopic (exact) mass is 378 g/mol. The van der Waals surface area contributed by atoms with Crippen LogP contribution in [0, 0.1) is 0 Å². The molecule has 28 heavy (non-hydrogen) atoms. The first-order valence-corrected chi connectivity index (χ1v) is 9.05. The average Bonchev–Trinajstić information content (AvgIpc) is 3.20. The summed E-state index contributed by atoms with van der Waals surface area (Å²) in [6, 6.07) is 18.4. The van der Waals surface area contributed by atoms with E-state index in [4.69, 9.17) is 9.26 Å². The smallest absolute Gasteiger partial charge is 0.273 e. The second-order valence-electron chi connectivity index (χ2n) is 6.57. The summed E-state index contributed by atoms with van der Waals surface area (Å²) in [6.07, 6.45) is 0. The molecule has 0 spiro atoms. The molecular formula is C22H22N2O4. The molecule has 0 aliphatic carbocycles. The van der Waals surface area contributed by atoms with Gasteiger partial charge in [-0.1, -0.05) is 42.4 Å². The first-order chi connectivity index (χ1) is 13.5. The van der Waals surface area contributed by atoms with E-state index >= 15 is 0 Å². The lowest BCUT2D eigenvalue weighted by Gasteiger charge is -2.12. The molecule has 2 aromatic carbocycles. The molecule has 1 heterocycles. The van der Waals surface area contributed by atoms with Gasteiger partial charge in [0.25, 0.3) is 5.91 Å². The number of rotatable bonds is 8. The van der Waals surface area contributed by atoms with Crippen molar-refractivity contribution in [3.8, 4) is 5.75 Å². The van der Waals surface area contributed by atoms with Gasteiger partial charge in [0.2, 0.25) is 0 Å². The average molecular weight is 378 g/mol. The van der Waals surface area contributed by atoms with Crippen LogP contribution in [-0.2, 0) is 6.61 Å². The number of carbonyl (C=O) groups is 2. The summed E-state index contributed by atoms with van der Waals surface area (Å²) in [5.74, 6) is 0.946. The van der Waals surface area contributed by atoms with E-state index in [1.807, 2.05) is 30.3 Å². The van der Waals surface area contributed by atoms with Crippen molar-refractivity contribution in [2.24, 2.45) is 0 Å². The summed E-state index contributed by atoms with van der Waals surface area (Å²) < 4.78 is 10.8. The van der Waals surface area contributed by atoms with Crippen LogP contribution in [0.15, 0.2) is 65.2 Å². The summed E-state index contributed by atoms with van der Waals surface area (Å²) in [7, 11) is 0. The zero-order chi connectivity index (χ0) is 19.9. The van der Waals surface area contributed by atoms with Crippen LogP contribution in [0.25, 0.3) is 0 Å². The molecule has 1 atom stereocenters. The Morgan fingerprint density at radius 3 is 2.50 bits per heavy atom. The predicted molar refractivity (Wildman–Crippen MR) is 104 cm³/mol. The highest BCUT2D eigenvalue weighted by molar-refractivity contribution is 5.94. The molecule has 0 aliphatic heterocycles. The molecule has 0 radical (unpaired) electrons. The number of Topliss-reactive ketones (excluding diaryl/α,β-unsaturated/α-hetero) is 1. The summed E-state index contributed by atoms with van der Waals surface area (Å²) in [6.45, 7) is 4.21. The molecule has 0 saturated heterocycles. The van der Waals surface area contributed by atoms with Gasteiger partial charge in [-0.2, -0.15) is 0 Å². The second-order valence-corrected chi connectivity index (χ2v) is 6.57. The summed E-state index contributed by atoms with van der Waals surface area (Å²) in [4.78, 5) is 23.5. The number of benzene rings is 2. The van der Waals surface area contributed by atoms with Gasteiger partial charge in [0.05, 0.1) is 0 Å². The molecule has 3 aromatic rings. The van der Waals surface area contributed by atoms with Gasteiger partial charge in [0, 0.05) is 18.2 Å². The molecule has 1 amide bonds. The topological polar surface area (TPSA) is 81.4 Å². The third-order valence-corrected chi connectivity index (χ3v) is 4.37. The van der Waals surface area contributed by atoms with Crippen LogP contribution in [0.1, 0.15) is 51.9 Å². The van der Waals surface area contributed by atoms with Gasteiger partial charge in [-0.15, -0.1) is 0 Å². The molecule has 0 aliphatic rings. The first-order valence-electron chi connectivity index (χ1n) is 9.05. The maximum Gasteiger partial charge on any atom is 0.273 e. The Labute approximate surface area is 163 Å². The number of nitrogens with one attached hydrogen (secondary N) is 1. The minimum absolute atomic E-state index is 0.000906. The highest BCUT2D eigenvalue weighted by Crippen LogP contribution is 2.16. The van der Waals surface area contributed by atoms with Crippen LogP contribution in [0.2, 0.25) is 0 Å². The molecule has 1 N–H and O–H groups in total. The number of ketones is 1. The standard InChI is InChI=1S/C22H22N2O4/c1-15(17-6-4-3-5-7-17)13-23-22(26)21-12-20(28-24-21)14-27-19-10-8-18(9-11-19)16(2)25/h3-12,15H,13-14H2,1-2H3,(H,23,26)/t15-/m0/s1. The molecule has 0 saturated carbocycles. The summed E-state index contributed by atoms with van der Waals surface area (Å²) >= 11 is 0. The molecule has 6 heteroatoms. The van der Waals surface area contributed by atoms with Crippen molar-refractivity contribution in [3.05, 3.63) is 83.2 Å². The minimum Gasteiger partial charge on any atom is -0.486 e. The molecule has 3 rings (SSSR count). The van der Waals surface area contributed by atoms with E-state index < -0.39 is 0 Å². The van der Waals surface area contributed by atoms with Gasteiger partial charge in [0.1, 0.15) is 12.4 Å². The Kier molecular flexibility index (Phi) is 6.22. The quantitative estimate of drug-likeness (QED) is 0.600. The number of carbonyl (C=O) groups excluding carboxylic acids is 2. The second kappa shape index (κ2) is 8.99. The lowest BCUT2D eigenvalue weighted by Crippen LogP contribution is -2.27. The van der Waals surface area contributed by atoms with E-state index in [0.717, 1.165) is 5.56 Å². The lowest BCUT2D eigenvalue weighted by molar-refractivity contribution is 0.0941. The maximum atomic E-state index is 12.3. The van der Waals surface area contributed by atoms with Crippen LogP contribution in [0.3, 0.4) is 0 Å². The highest BCUT2D eigenvalue weighted by atomic mass is 16.5. The number of ether oxygens (including phenoxy) is 1. The van der Waals surface area contributed by atoms with Crippen LogP contribution >= 0.6 is 0 Å². The molecule has 0 unspecified atom stereocenters. The van der Waals surface area contributed by atoms with Crippen molar-refractivity contribution in [3.63, 3.8) is 0 Å². The third kappa shape index (κ3) is 5.07. The number of amides is 1. The Morgan fingerprint density at radius 1 is 1.11 bits per heavy atom. The highest BCUT2D eigenvalue weighted by Gasteiger charge is 2.14. The van der Waals surface area contributed by atoms with E-state index in [2.05, 4.69) is 17.4 Å². The number of hydrogen-bond donors (Lipinski definition) is 1. The number of hydrogen-bond acceptors (Lipinski definition) is 5. The van der Waals surface area contributed by atoms with E-state index in [-0.39, 0.29) is 29.9 Å². The van der Waals surface area contributed by atoms with E-state index in [1.54, 1.807) is 30.3 Å². The van der Waals surface area contributed by atoms with Gasteiger partial charge in [-0.25, -0.2) is 0 Å². The molecule has 0 fully saturated rings. The van der Waals surface area contributed by atoms with Crippen molar-refractivity contribution in [1.82, 2.24) is 10.5 Å². The molecule has 0 bridgehead atoms. The number of aromatic nitrogens is 1. The fourth-order valence-electron chi connectivity index (χ4n) is 2.66. The van der Waals surface area contributed by atoms with Crippen LogP contribution in [-0.4, -0.2) is 23.4 Å². The number of nitrogens with zero attached hydrogens (tertiary/aromatic N) is 1. The fraction of sp³-hybridized carbons (Fsp3) is 0.227. The van der Waals surface area contributed by atoms with Gasteiger partial charge >= 0.3 is 0 Å². The summed E-state index contributed by atoms with van der Waals surface area (Å²) in [5, 5.41) is 6.67. The van der Waals surface area contributed by atoms with Crippen molar-refractivity contribution in [2.75, 3.05) is 6.54 Å². The fourth-order valence-corrected chi connectivity index (χ4v) is 2.66. The first kappa shape index (κ1) is 19.4. The maximum absolute atomic E-state index is 12.3. The van der Waals surface area contributed by atoms with Gasteiger partial charge in [0.15, 0.2) is 17.2 Å². The van der Waals surface area contributed by atoms with Gasteiger partial charge in [-0.05, 0) is 42.7 Å². The lowest BCUT2D eigenvalue weighted by atomic mass is 10.0. The van der Waals surface area contributed by atoms with Crippen molar-refractivity contribution in [1.29, 1.82) is 0 Å².